The molecule has 0 saturated carbocycles. The largest absolute Gasteiger partial charge is 0.497 e. The summed E-state index contributed by atoms with van der Waals surface area (Å²) < 4.78 is 19.4. The van der Waals surface area contributed by atoms with Crippen molar-refractivity contribution in [2.75, 3.05) is 14.2 Å². The van der Waals surface area contributed by atoms with Crippen molar-refractivity contribution in [2.24, 2.45) is 0 Å². The molecular formula is C16H15BrFNO2. The Kier molecular flexibility index (Phi) is 4.96. The van der Waals surface area contributed by atoms with Gasteiger partial charge in [0.15, 0.2) is 0 Å². The standard InChI is InChI=1S/C16H15BrFNO2/c1-19(10-11-5-3-6-12(9-11)21-2)16(20)15-13(17)7-4-8-14(15)18/h3-9H,10H2,1-2H3. The second-order valence-electron chi connectivity index (χ2n) is 4.61. The van der Waals surface area contributed by atoms with Gasteiger partial charge in [-0.15, -0.1) is 0 Å². The summed E-state index contributed by atoms with van der Waals surface area (Å²) in [6, 6.07) is 11.9. The number of ether oxygens (including phenoxy) is 1. The minimum absolute atomic E-state index is 0.0443. The molecule has 2 aromatic rings. The van der Waals surface area contributed by atoms with E-state index in [1.807, 2.05) is 24.3 Å². The minimum atomic E-state index is -0.535. The number of hydrogen-bond acceptors (Lipinski definition) is 2. The number of benzene rings is 2. The van der Waals surface area contributed by atoms with E-state index >= 15 is 0 Å². The number of nitrogens with zero attached hydrogens (tertiary/aromatic N) is 1. The Morgan fingerprint density at radius 2 is 2.00 bits per heavy atom. The molecule has 0 fully saturated rings. The van der Waals surface area contributed by atoms with Crippen molar-refractivity contribution in [3.63, 3.8) is 0 Å². The van der Waals surface area contributed by atoms with Gasteiger partial charge < -0.3 is 9.64 Å². The topological polar surface area (TPSA) is 29.5 Å². The Bertz CT molecular complexity index is 640. The highest BCUT2D eigenvalue weighted by atomic mass is 79.9. The predicted octanol–water partition coefficient (Wildman–Crippen LogP) is 3.87. The van der Waals surface area contributed by atoms with Crippen LogP contribution >= 0.6 is 15.9 Å². The molecule has 2 rings (SSSR count). The maximum Gasteiger partial charge on any atom is 0.258 e. The molecule has 0 aliphatic heterocycles. The summed E-state index contributed by atoms with van der Waals surface area (Å²) in [4.78, 5) is 13.8. The van der Waals surface area contributed by atoms with Crippen molar-refractivity contribution in [1.82, 2.24) is 4.90 Å². The smallest absolute Gasteiger partial charge is 0.258 e. The first kappa shape index (κ1) is 15.5. The maximum absolute atomic E-state index is 13.8. The van der Waals surface area contributed by atoms with Crippen LogP contribution in [0.5, 0.6) is 5.75 Å². The average molecular weight is 352 g/mol. The molecule has 0 aliphatic rings. The minimum Gasteiger partial charge on any atom is -0.497 e. The molecule has 0 unspecified atom stereocenters. The molecule has 0 heterocycles. The number of hydrogen-bond donors (Lipinski definition) is 0. The van der Waals surface area contributed by atoms with Crippen molar-refractivity contribution < 1.29 is 13.9 Å². The van der Waals surface area contributed by atoms with Gasteiger partial charge >= 0.3 is 0 Å². The Balaban J connectivity index is 2.19. The first-order valence-electron chi connectivity index (χ1n) is 6.35. The SMILES string of the molecule is COc1cccc(CN(C)C(=O)c2c(F)cccc2Br)c1. The second kappa shape index (κ2) is 6.72. The zero-order valence-electron chi connectivity index (χ0n) is 11.8. The molecule has 0 atom stereocenters. The first-order valence-corrected chi connectivity index (χ1v) is 7.14. The van der Waals surface area contributed by atoms with Crippen LogP contribution in [0.25, 0.3) is 0 Å². The summed E-state index contributed by atoms with van der Waals surface area (Å²) >= 11 is 3.22. The molecule has 5 heteroatoms. The van der Waals surface area contributed by atoms with Crippen molar-refractivity contribution in [2.45, 2.75) is 6.54 Å². The summed E-state index contributed by atoms with van der Waals surface area (Å²) in [5.74, 6) is -0.185. The molecule has 0 spiro atoms. The van der Waals surface area contributed by atoms with Gasteiger partial charge in [0.25, 0.3) is 5.91 Å². The molecule has 1 amide bonds. The van der Waals surface area contributed by atoms with Gasteiger partial charge in [0.1, 0.15) is 11.6 Å². The van der Waals surface area contributed by atoms with E-state index in [2.05, 4.69) is 15.9 Å². The fourth-order valence-electron chi connectivity index (χ4n) is 2.01. The van der Waals surface area contributed by atoms with E-state index in [0.717, 1.165) is 11.3 Å². The fraction of sp³-hybridized carbons (Fsp3) is 0.188. The molecule has 0 saturated heterocycles. The van der Waals surface area contributed by atoms with Crippen LogP contribution in [-0.2, 0) is 6.54 Å². The van der Waals surface area contributed by atoms with E-state index < -0.39 is 5.82 Å². The summed E-state index contributed by atoms with van der Waals surface area (Å²) in [6.07, 6.45) is 0. The lowest BCUT2D eigenvalue weighted by atomic mass is 10.1. The highest BCUT2D eigenvalue weighted by Crippen LogP contribution is 2.22. The summed E-state index contributed by atoms with van der Waals surface area (Å²) in [6.45, 7) is 0.372. The number of carbonyl (C=O) groups excluding carboxylic acids is 1. The highest BCUT2D eigenvalue weighted by molar-refractivity contribution is 9.10. The zero-order chi connectivity index (χ0) is 15.4. The molecule has 21 heavy (non-hydrogen) atoms. The van der Waals surface area contributed by atoms with E-state index in [1.165, 1.54) is 11.0 Å². The van der Waals surface area contributed by atoms with Crippen molar-refractivity contribution in [3.05, 3.63) is 63.9 Å². The number of amides is 1. The lowest BCUT2D eigenvalue weighted by molar-refractivity contribution is 0.0779. The lowest BCUT2D eigenvalue weighted by Crippen LogP contribution is -2.27. The maximum atomic E-state index is 13.8. The van der Waals surface area contributed by atoms with Crippen molar-refractivity contribution in [1.29, 1.82) is 0 Å². The molecule has 110 valence electrons. The molecule has 0 aromatic heterocycles. The predicted molar refractivity (Wildman–Crippen MR) is 82.9 cm³/mol. The highest BCUT2D eigenvalue weighted by Gasteiger charge is 2.19. The molecular weight excluding hydrogens is 337 g/mol. The van der Waals surface area contributed by atoms with Crippen molar-refractivity contribution >= 4 is 21.8 Å². The van der Waals surface area contributed by atoms with Crippen LogP contribution in [0.2, 0.25) is 0 Å². The molecule has 0 aliphatic carbocycles. The van der Waals surface area contributed by atoms with Gasteiger partial charge in [0, 0.05) is 18.1 Å². The third-order valence-electron chi connectivity index (χ3n) is 3.08. The monoisotopic (exact) mass is 351 g/mol. The Hall–Kier alpha value is -1.88. The summed E-state index contributed by atoms with van der Waals surface area (Å²) in [5, 5.41) is 0. The number of methoxy groups -OCH3 is 1. The number of carbonyl (C=O) groups is 1. The van der Waals surface area contributed by atoms with E-state index in [4.69, 9.17) is 4.74 Å². The third-order valence-corrected chi connectivity index (χ3v) is 3.74. The van der Waals surface area contributed by atoms with Crippen LogP contribution < -0.4 is 4.74 Å². The molecule has 0 N–H and O–H groups in total. The molecule has 0 radical (unpaired) electrons. The number of rotatable bonds is 4. The van der Waals surface area contributed by atoms with Gasteiger partial charge in [-0.2, -0.15) is 0 Å². The first-order chi connectivity index (χ1) is 10.0. The van der Waals surface area contributed by atoms with E-state index in [-0.39, 0.29) is 11.5 Å². The van der Waals surface area contributed by atoms with Gasteiger partial charge in [-0.3, -0.25) is 4.79 Å². The number of halogens is 2. The lowest BCUT2D eigenvalue weighted by Gasteiger charge is -2.18. The van der Waals surface area contributed by atoms with E-state index in [0.29, 0.717) is 11.0 Å². The Morgan fingerprint density at radius 1 is 1.29 bits per heavy atom. The fourth-order valence-corrected chi connectivity index (χ4v) is 2.52. The van der Waals surface area contributed by atoms with E-state index in [9.17, 15) is 9.18 Å². The van der Waals surface area contributed by atoms with Gasteiger partial charge in [0.05, 0.1) is 12.7 Å². The van der Waals surface area contributed by atoms with Crippen LogP contribution in [0, 0.1) is 5.82 Å². The van der Waals surface area contributed by atoms with Crippen LogP contribution in [0.4, 0.5) is 4.39 Å². The van der Waals surface area contributed by atoms with Gasteiger partial charge in [0.2, 0.25) is 0 Å². The normalized spacial score (nSPS) is 10.3. The summed E-state index contributed by atoms with van der Waals surface area (Å²) in [7, 11) is 3.23. The Labute approximate surface area is 131 Å². The molecule has 0 bridgehead atoms. The van der Waals surface area contributed by atoms with E-state index in [1.54, 1.807) is 26.3 Å². The summed E-state index contributed by atoms with van der Waals surface area (Å²) in [5.41, 5.74) is 0.959. The van der Waals surface area contributed by atoms with Gasteiger partial charge in [-0.05, 0) is 45.8 Å². The average Bonchev–Trinajstić information content (AvgIpc) is 2.47. The second-order valence-corrected chi connectivity index (χ2v) is 5.46. The van der Waals surface area contributed by atoms with Crippen LogP contribution in [0.3, 0.4) is 0 Å². The van der Waals surface area contributed by atoms with Gasteiger partial charge in [-0.25, -0.2) is 4.39 Å². The quantitative estimate of drug-likeness (QED) is 0.836. The van der Waals surface area contributed by atoms with Crippen LogP contribution in [-0.4, -0.2) is 25.0 Å². The van der Waals surface area contributed by atoms with Gasteiger partial charge in [-0.1, -0.05) is 18.2 Å². The van der Waals surface area contributed by atoms with Crippen molar-refractivity contribution in [3.8, 4) is 5.75 Å². The zero-order valence-corrected chi connectivity index (χ0v) is 13.4. The van der Waals surface area contributed by atoms with Crippen LogP contribution in [0.1, 0.15) is 15.9 Å². The molecule has 2 aromatic carbocycles. The van der Waals surface area contributed by atoms with Crippen LogP contribution in [0.15, 0.2) is 46.9 Å². The molecule has 3 nitrogen and oxygen atoms in total. The Morgan fingerprint density at radius 3 is 2.67 bits per heavy atom. The third kappa shape index (κ3) is 3.61.